The maximum atomic E-state index is 13.0. The molecule has 0 heterocycles. The van der Waals surface area contributed by atoms with Gasteiger partial charge in [0.15, 0.2) is 5.78 Å². The lowest BCUT2D eigenvalue weighted by atomic mass is 9.46. The molecule has 4 aliphatic carbocycles. The molecule has 0 spiro atoms. The van der Waals surface area contributed by atoms with Crippen molar-refractivity contribution in [2.45, 2.75) is 92.1 Å². The van der Waals surface area contributed by atoms with Gasteiger partial charge in [0.25, 0.3) is 0 Å². The molecule has 7 atom stereocenters. The van der Waals surface area contributed by atoms with Gasteiger partial charge in [0.05, 0.1) is 5.92 Å². The van der Waals surface area contributed by atoms with Gasteiger partial charge in [0, 0.05) is 5.92 Å². The Labute approximate surface area is 170 Å². The third-order valence-electron chi connectivity index (χ3n) is 8.96. The van der Waals surface area contributed by atoms with Crippen molar-refractivity contribution in [3.63, 3.8) is 0 Å². The Balaban J connectivity index is 1.59. The first kappa shape index (κ1) is 20.2. The summed E-state index contributed by atoms with van der Waals surface area (Å²) < 4.78 is 5.82. The minimum Gasteiger partial charge on any atom is -0.460 e. The van der Waals surface area contributed by atoms with E-state index in [1.165, 1.54) is 18.4 Å². The molecule has 0 aliphatic heterocycles. The van der Waals surface area contributed by atoms with Crippen LogP contribution in [0.4, 0.5) is 0 Å². The van der Waals surface area contributed by atoms with Crippen LogP contribution in [0.15, 0.2) is 11.6 Å². The van der Waals surface area contributed by atoms with E-state index in [1.807, 2.05) is 26.8 Å². The maximum absolute atomic E-state index is 13.0. The summed E-state index contributed by atoms with van der Waals surface area (Å²) in [6.07, 6.45) is 9.71. The third-order valence-corrected chi connectivity index (χ3v) is 8.96. The number of carbonyl (C=O) groups excluding carboxylic acids is 2. The van der Waals surface area contributed by atoms with Crippen molar-refractivity contribution in [2.24, 2.45) is 40.4 Å². The third kappa shape index (κ3) is 2.99. The van der Waals surface area contributed by atoms with E-state index >= 15 is 0 Å². The van der Waals surface area contributed by atoms with Gasteiger partial charge in [0.1, 0.15) is 5.60 Å². The summed E-state index contributed by atoms with van der Waals surface area (Å²) in [5.41, 5.74) is 1.27. The molecule has 3 fully saturated rings. The van der Waals surface area contributed by atoms with E-state index in [4.69, 9.17) is 4.74 Å². The fraction of sp³-hybridized carbons (Fsp3) is 0.840. The normalized spacial score (nSPS) is 45.6. The smallest absolute Gasteiger partial charge is 0.310 e. The Morgan fingerprint density at radius 3 is 2.50 bits per heavy atom. The molecular formula is C25H38O3. The van der Waals surface area contributed by atoms with Gasteiger partial charge in [-0.15, -0.1) is 0 Å². The van der Waals surface area contributed by atoms with E-state index in [2.05, 4.69) is 20.8 Å². The number of ketones is 1. The lowest BCUT2D eigenvalue weighted by molar-refractivity contribution is -0.167. The highest BCUT2D eigenvalue weighted by Crippen LogP contribution is 2.67. The second-order valence-electron chi connectivity index (χ2n) is 11.7. The minimum atomic E-state index is -0.411. The predicted octanol–water partition coefficient (Wildman–Crippen LogP) is 5.72. The van der Waals surface area contributed by atoms with Crippen molar-refractivity contribution >= 4 is 11.8 Å². The van der Waals surface area contributed by atoms with Gasteiger partial charge in [-0.2, -0.15) is 0 Å². The van der Waals surface area contributed by atoms with Crippen molar-refractivity contribution < 1.29 is 14.3 Å². The summed E-state index contributed by atoms with van der Waals surface area (Å²) in [6, 6.07) is 0. The summed E-state index contributed by atoms with van der Waals surface area (Å²) in [7, 11) is 0. The van der Waals surface area contributed by atoms with Gasteiger partial charge in [-0.3, -0.25) is 9.59 Å². The topological polar surface area (TPSA) is 43.4 Å². The molecule has 0 aromatic heterocycles. The molecule has 3 saturated carbocycles. The van der Waals surface area contributed by atoms with E-state index < -0.39 is 5.60 Å². The Kier molecular flexibility index (Phi) is 4.64. The molecule has 4 rings (SSSR count). The van der Waals surface area contributed by atoms with Crippen molar-refractivity contribution in [3.8, 4) is 0 Å². The number of hydrogen-bond acceptors (Lipinski definition) is 3. The van der Waals surface area contributed by atoms with Crippen LogP contribution in [0.5, 0.6) is 0 Å². The van der Waals surface area contributed by atoms with Crippen molar-refractivity contribution in [1.82, 2.24) is 0 Å². The van der Waals surface area contributed by atoms with E-state index in [1.54, 1.807) is 0 Å². The zero-order valence-corrected chi connectivity index (χ0v) is 18.6. The second-order valence-corrected chi connectivity index (χ2v) is 11.7. The van der Waals surface area contributed by atoms with E-state index in [9.17, 15) is 9.59 Å². The Morgan fingerprint density at radius 2 is 1.82 bits per heavy atom. The number of hydrogen-bond donors (Lipinski definition) is 0. The number of carbonyl (C=O) groups is 2. The summed E-state index contributed by atoms with van der Waals surface area (Å²) >= 11 is 0. The van der Waals surface area contributed by atoms with E-state index in [0.717, 1.165) is 32.1 Å². The highest BCUT2D eigenvalue weighted by atomic mass is 16.6. The highest BCUT2D eigenvalue weighted by molar-refractivity contribution is 5.93. The highest BCUT2D eigenvalue weighted by Gasteiger charge is 2.61. The van der Waals surface area contributed by atoms with Crippen LogP contribution in [0.2, 0.25) is 0 Å². The van der Waals surface area contributed by atoms with Gasteiger partial charge in [-0.05, 0) is 100 Å². The van der Waals surface area contributed by atoms with Crippen LogP contribution in [0.1, 0.15) is 86.5 Å². The summed E-state index contributed by atoms with van der Waals surface area (Å²) in [6.45, 7) is 12.8. The van der Waals surface area contributed by atoms with Crippen LogP contribution >= 0.6 is 0 Å². The second kappa shape index (κ2) is 6.44. The molecule has 0 saturated heterocycles. The Hall–Kier alpha value is -1.12. The summed E-state index contributed by atoms with van der Waals surface area (Å²) in [4.78, 5) is 25.3. The Morgan fingerprint density at radius 1 is 1.11 bits per heavy atom. The lowest BCUT2D eigenvalue weighted by Crippen LogP contribution is -2.52. The van der Waals surface area contributed by atoms with Gasteiger partial charge < -0.3 is 4.74 Å². The van der Waals surface area contributed by atoms with Gasteiger partial charge in [0.2, 0.25) is 0 Å². The van der Waals surface area contributed by atoms with Crippen LogP contribution in [0.3, 0.4) is 0 Å². The molecule has 0 aromatic rings. The first-order valence-corrected chi connectivity index (χ1v) is 11.4. The first-order chi connectivity index (χ1) is 13.0. The molecule has 156 valence electrons. The molecule has 28 heavy (non-hydrogen) atoms. The fourth-order valence-electron chi connectivity index (χ4n) is 7.66. The van der Waals surface area contributed by atoms with E-state index in [0.29, 0.717) is 23.5 Å². The van der Waals surface area contributed by atoms with Crippen molar-refractivity contribution in [3.05, 3.63) is 11.6 Å². The van der Waals surface area contributed by atoms with Gasteiger partial charge in [-0.1, -0.05) is 26.3 Å². The molecule has 0 amide bonds. The maximum Gasteiger partial charge on any atom is 0.310 e. The molecule has 3 nitrogen and oxygen atoms in total. The number of fused-ring (bicyclic) bond motifs is 5. The average Bonchev–Trinajstić information content (AvgIpc) is 2.92. The Bertz CT molecular complexity index is 714. The van der Waals surface area contributed by atoms with Gasteiger partial charge in [-0.25, -0.2) is 0 Å². The molecule has 3 heteroatoms. The standard InChI is InChI=1S/C25H38O3/c1-15-14-25(6)16(13-21(15)26)7-8-17-18-9-10-20(22(27)28-23(2,3)4)24(18,5)12-11-19(17)25/h13,15,17-20H,7-12,14H2,1-6H3/t15?,17-,18-,19-,20+,24-,25-/m0/s1. The van der Waals surface area contributed by atoms with Crippen LogP contribution in [-0.2, 0) is 14.3 Å². The molecule has 0 radical (unpaired) electrons. The molecule has 1 unspecified atom stereocenters. The molecule has 0 N–H and O–H groups in total. The number of ether oxygens (including phenoxy) is 1. The largest absolute Gasteiger partial charge is 0.460 e. The first-order valence-electron chi connectivity index (χ1n) is 11.4. The van der Waals surface area contributed by atoms with Crippen LogP contribution in [-0.4, -0.2) is 17.4 Å². The monoisotopic (exact) mass is 386 g/mol. The van der Waals surface area contributed by atoms with Crippen LogP contribution in [0, 0.1) is 40.4 Å². The summed E-state index contributed by atoms with van der Waals surface area (Å²) in [5, 5.41) is 0. The zero-order valence-electron chi connectivity index (χ0n) is 18.6. The zero-order chi connectivity index (χ0) is 20.5. The van der Waals surface area contributed by atoms with Gasteiger partial charge >= 0.3 is 5.97 Å². The number of allylic oxidation sites excluding steroid dienone is 1. The fourth-order valence-corrected chi connectivity index (χ4v) is 7.66. The lowest BCUT2D eigenvalue weighted by Gasteiger charge is -2.58. The molecule has 0 bridgehead atoms. The van der Waals surface area contributed by atoms with Crippen molar-refractivity contribution in [1.29, 1.82) is 0 Å². The minimum absolute atomic E-state index is 0.0236. The summed E-state index contributed by atoms with van der Waals surface area (Å²) in [5.74, 6) is 2.53. The van der Waals surface area contributed by atoms with Crippen LogP contribution < -0.4 is 0 Å². The van der Waals surface area contributed by atoms with Crippen LogP contribution in [0.25, 0.3) is 0 Å². The number of esters is 1. The molecular weight excluding hydrogens is 348 g/mol. The van der Waals surface area contributed by atoms with Crippen molar-refractivity contribution in [2.75, 3.05) is 0 Å². The quantitative estimate of drug-likeness (QED) is 0.541. The average molecular weight is 387 g/mol. The predicted molar refractivity (Wildman–Crippen MR) is 111 cm³/mol. The van der Waals surface area contributed by atoms with E-state index in [-0.39, 0.29) is 28.6 Å². The molecule has 4 aliphatic rings. The number of rotatable bonds is 1. The molecule has 0 aromatic carbocycles. The SMILES string of the molecule is CC1C[C@@]2(C)C(=CC1=O)CC[C@H]1[C@@H]3CC[C@H](C(=O)OC(C)(C)C)[C@@]3(C)CC[C@@H]12.